The van der Waals surface area contributed by atoms with Gasteiger partial charge >= 0.3 is 5.97 Å². The van der Waals surface area contributed by atoms with E-state index in [1.165, 1.54) is 13.5 Å². The second-order valence-electron chi connectivity index (χ2n) is 3.41. The second kappa shape index (κ2) is 4.45. The Balaban J connectivity index is 2.29. The summed E-state index contributed by atoms with van der Waals surface area (Å²) in [6.45, 7) is 0.111. The predicted molar refractivity (Wildman–Crippen MR) is 44.5 cm³/mol. The Morgan fingerprint density at radius 3 is 2.67 bits per heavy atom. The van der Waals surface area contributed by atoms with Crippen molar-refractivity contribution in [3.63, 3.8) is 0 Å². The van der Waals surface area contributed by atoms with Crippen LogP contribution >= 0.6 is 0 Å². The molecule has 1 aliphatic rings. The number of ether oxygens (including phenoxy) is 1. The highest BCUT2D eigenvalue weighted by Crippen LogP contribution is 2.34. The maximum absolute atomic E-state index is 10.9. The van der Waals surface area contributed by atoms with Crippen molar-refractivity contribution in [2.45, 2.75) is 25.7 Å². The average Bonchev–Trinajstić information content (AvgIpc) is 1.99. The van der Waals surface area contributed by atoms with Gasteiger partial charge in [0.15, 0.2) is 0 Å². The number of carbonyl (C=O) groups is 1. The van der Waals surface area contributed by atoms with Gasteiger partial charge in [0.05, 0.1) is 13.5 Å². The van der Waals surface area contributed by atoms with Crippen LogP contribution in [0.4, 0.5) is 0 Å². The summed E-state index contributed by atoms with van der Waals surface area (Å²) in [5.41, 5.74) is 0. The number of rotatable bonds is 4. The molecule has 0 spiro atoms. The Hall–Kier alpha value is -0.570. The number of aliphatic hydroxyl groups is 1. The van der Waals surface area contributed by atoms with Gasteiger partial charge in [0.1, 0.15) is 0 Å². The van der Waals surface area contributed by atoms with Gasteiger partial charge in [0.25, 0.3) is 0 Å². The zero-order valence-electron chi connectivity index (χ0n) is 7.45. The first-order chi connectivity index (χ1) is 5.77. The van der Waals surface area contributed by atoms with Gasteiger partial charge < -0.3 is 9.84 Å². The van der Waals surface area contributed by atoms with Crippen molar-refractivity contribution in [2.75, 3.05) is 13.7 Å². The van der Waals surface area contributed by atoms with E-state index in [0.717, 1.165) is 12.8 Å². The minimum Gasteiger partial charge on any atom is -0.469 e. The van der Waals surface area contributed by atoms with Crippen molar-refractivity contribution >= 4 is 5.97 Å². The lowest BCUT2D eigenvalue weighted by atomic mass is 9.75. The molecule has 0 aliphatic heterocycles. The molecule has 0 heterocycles. The molecule has 1 fully saturated rings. The smallest absolute Gasteiger partial charge is 0.305 e. The first kappa shape index (κ1) is 9.52. The molecule has 70 valence electrons. The molecule has 1 saturated carbocycles. The lowest BCUT2D eigenvalue weighted by molar-refractivity contribution is -0.143. The van der Waals surface area contributed by atoms with E-state index < -0.39 is 0 Å². The summed E-state index contributed by atoms with van der Waals surface area (Å²) in [5, 5.41) is 9.00. The molecule has 0 amide bonds. The molecule has 1 unspecified atom stereocenters. The fourth-order valence-corrected chi connectivity index (χ4v) is 1.59. The normalized spacial score (nSPS) is 19.8. The van der Waals surface area contributed by atoms with E-state index in [1.54, 1.807) is 0 Å². The third-order valence-electron chi connectivity index (χ3n) is 2.71. The number of esters is 1. The first-order valence-electron chi connectivity index (χ1n) is 4.45. The molecule has 1 N–H and O–H groups in total. The Morgan fingerprint density at radius 2 is 2.33 bits per heavy atom. The topological polar surface area (TPSA) is 46.5 Å². The minimum absolute atomic E-state index is 0.111. The van der Waals surface area contributed by atoms with Crippen molar-refractivity contribution in [1.82, 2.24) is 0 Å². The van der Waals surface area contributed by atoms with E-state index in [2.05, 4.69) is 4.74 Å². The number of aliphatic hydroxyl groups excluding tert-OH is 1. The Morgan fingerprint density at radius 1 is 1.67 bits per heavy atom. The van der Waals surface area contributed by atoms with Gasteiger partial charge in [0, 0.05) is 6.61 Å². The minimum atomic E-state index is -0.207. The molecule has 0 radical (unpaired) electrons. The van der Waals surface area contributed by atoms with Crippen molar-refractivity contribution in [3.8, 4) is 0 Å². The molecule has 3 nitrogen and oxygen atoms in total. The monoisotopic (exact) mass is 172 g/mol. The van der Waals surface area contributed by atoms with Crippen LogP contribution in [0.15, 0.2) is 0 Å². The van der Waals surface area contributed by atoms with Crippen LogP contribution in [0, 0.1) is 11.8 Å². The maximum Gasteiger partial charge on any atom is 0.305 e. The summed E-state index contributed by atoms with van der Waals surface area (Å²) in [4.78, 5) is 10.9. The fourth-order valence-electron chi connectivity index (χ4n) is 1.59. The van der Waals surface area contributed by atoms with Crippen LogP contribution in [0.3, 0.4) is 0 Å². The number of hydrogen-bond donors (Lipinski definition) is 1. The summed E-state index contributed by atoms with van der Waals surface area (Å²) in [6, 6.07) is 0. The molecule has 3 heteroatoms. The molecule has 1 rings (SSSR count). The molecule has 12 heavy (non-hydrogen) atoms. The van der Waals surface area contributed by atoms with Crippen LogP contribution < -0.4 is 0 Å². The predicted octanol–water partition coefficient (Wildman–Crippen LogP) is 0.958. The Bertz CT molecular complexity index is 152. The molecule has 1 atom stereocenters. The summed E-state index contributed by atoms with van der Waals surface area (Å²) >= 11 is 0. The van der Waals surface area contributed by atoms with Crippen molar-refractivity contribution < 1.29 is 14.6 Å². The van der Waals surface area contributed by atoms with E-state index in [1.807, 2.05) is 0 Å². The van der Waals surface area contributed by atoms with E-state index in [0.29, 0.717) is 12.3 Å². The van der Waals surface area contributed by atoms with Crippen LogP contribution in [0.25, 0.3) is 0 Å². The zero-order valence-corrected chi connectivity index (χ0v) is 7.45. The molecule has 1 aliphatic carbocycles. The highest BCUT2D eigenvalue weighted by atomic mass is 16.5. The molecule has 0 saturated heterocycles. The van der Waals surface area contributed by atoms with E-state index >= 15 is 0 Å². The van der Waals surface area contributed by atoms with Crippen LogP contribution in [0.1, 0.15) is 25.7 Å². The molecule has 0 aromatic rings. The van der Waals surface area contributed by atoms with E-state index in [9.17, 15) is 4.79 Å². The lowest BCUT2D eigenvalue weighted by Crippen LogP contribution is -2.27. The van der Waals surface area contributed by atoms with Gasteiger partial charge in [-0.1, -0.05) is 19.3 Å². The van der Waals surface area contributed by atoms with Gasteiger partial charge in [0.2, 0.25) is 0 Å². The Labute approximate surface area is 72.7 Å². The second-order valence-corrected chi connectivity index (χ2v) is 3.41. The first-order valence-corrected chi connectivity index (χ1v) is 4.45. The molecule has 0 aromatic carbocycles. The zero-order chi connectivity index (χ0) is 8.97. The number of hydrogen-bond acceptors (Lipinski definition) is 3. The van der Waals surface area contributed by atoms with Gasteiger partial charge in [-0.05, 0) is 11.8 Å². The third-order valence-corrected chi connectivity index (χ3v) is 2.71. The van der Waals surface area contributed by atoms with Gasteiger partial charge in [-0.2, -0.15) is 0 Å². The fraction of sp³-hybridized carbons (Fsp3) is 0.889. The Kier molecular flexibility index (Phi) is 3.53. The third kappa shape index (κ3) is 2.21. The molecule has 0 aromatic heterocycles. The van der Waals surface area contributed by atoms with Crippen molar-refractivity contribution in [1.29, 1.82) is 0 Å². The number of methoxy groups -OCH3 is 1. The summed E-state index contributed by atoms with van der Waals surface area (Å²) < 4.78 is 4.55. The van der Waals surface area contributed by atoms with E-state index in [4.69, 9.17) is 5.11 Å². The quantitative estimate of drug-likeness (QED) is 0.642. The molecular formula is C9H16O3. The van der Waals surface area contributed by atoms with Gasteiger partial charge in [-0.25, -0.2) is 0 Å². The van der Waals surface area contributed by atoms with Crippen molar-refractivity contribution in [2.24, 2.45) is 11.8 Å². The average molecular weight is 172 g/mol. The van der Waals surface area contributed by atoms with Gasteiger partial charge in [-0.3, -0.25) is 4.79 Å². The van der Waals surface area contributed by atoms with Crippen LogP contribution in [0.5, 0.6) is 0 Å². The van der Waals surface area contributed by atoms with Crippen LogP contribution in [0.2, 0.25) is 0 Å². The highest BCUT2D eigenvalue weighted by Gasteiger charge is 2.28. The highest BCUT2D eigenvalue weighted by molar-refractivity contribution is 5.69. The molecular weight excluding hydrogens is 156 g/mol. The van der Waals surface area contributed by atoms with Crippen molar-refractivity contribution in [3.05, 3.63) is 0 Å². The summed E-state index contributed by atoms with van der Waals surface area (Å²) in [7, 11) is 1.39. The maximum atomic E-state index is 10.9. The molecule has 0 bridgehead atoms. The standard InChI is InChI=1S/C9H16O3/c1-12-9(11)5-8(6-10)7-3-2-4-7/h7-8,10H,2-6H2,1H3. The van der Waals surface area contributed by atoms with Gasteiger partial charge in [-0.15, -0.1) is 0 Å². The lowest BCUT2D eigenvalue weighted by Gasteiger charge is -2.31. The van der Waals surface area contributed by atoms with E-state index in [-0.39, 0.29) is 18.5 Å². The number of carbonyl (C=O) groups excluding carboxylic acids is 1. The van der Waals surface area contributed by atoms with Crippen LogP contribution in [-0.4, -0.2) is 24.8 Å². The SMILES string of the molecule is COC(=O)CC(CO)C1CCC1. The summed E-state index contributed by atoms with van der Waals surface area (Å²) in [6.07, 6.45) is 3.92. The van der Waals surface area contributed by atoms with Crippen LogP contribution in [-0.2, 0) is 9.53 Å². The summed E-state index contributed by atoms with van der Waals surface area (Å²) in [5.74, 6) is 0.473. The largest absolute Gasteiger partial charge is 0.469 e.